The van der Waals surface area contributed by atoms with Crippen LogP contribution >= 0.6 is 0 Å². The van der Waals surface area contributed by atoms with E-state index in [1.165, 1.54) is 24.3 Å². The van der Waals surface area contributed by atoms with Crippen molar-refractivity contribution in [2.45, 2.75) is 6.04 Å². The van der Waals surface area contributed by atoms with Gasteiger partial charge < -0.3 is 19.9 Å². The molecule has 0 saturated heterocycles. The number of benzene rings is 2. The monoisotopic (exact) mass is 380 g/mol. The molecule has 0 radical (unpaired) electrons. The van der Waals surface area contributed by atoms with Crippen molar-refractivity contribution in [1.29, 1.82) is 0 Å². The molecule has 6 nitrogen and oxygen atoms in total. The van der Waals surface area contributed by atoms with E-state index in [-0.39, 0.29) is 24.9 Å². The predicted molar refractivity (Wildman–Crippen MR) is 99.5 cm³/mol. The van der Waals surface area contributed by atoms with Crippen LogP contribution < -0.4 is 14.8 Å². The average molecular weight is 380 g/mol. The maximum atomic E-state index is 13.1. The number of ether oxygens (including phenoxy) is 2. The Morgan fingerprint density at radius 2 is 1.82 bits per heavy atom. The molecule has 3 aromatic rings. The molecule has 1 atom stereocenters. The van der Waals surface area contributed by atoms with Gasteiger partial charge in [-0.05, 0) is 41.5 Å². The minimum absolute atomic E-state index is 0.205. The Morgan fingerprint density at radius 1 is 1.07 bits per heavy atom. The normalized spacial score (nSPS) is 13.2. The highest BCUT2D eigenvalue weighted by Gasteiger charge is 2.17. The first kappa shape index (κ1) is 17.9. The Bertz CT molecular complexity index is 990. The molecule has 0 spiro atoms. The molecule has 4 rings (SSSR count). The van der Waals surface area contributed by atoms with Gasteiger partial charge in [0.1, 0.15) is 11.5 Å². The molecule has 28 heavy (non-hydrogen) atoms. The predicted octanol–water partition coefficient (Wildman–Crippen LogP) is 3.08. The van der Waals surface area contributed by atoms with Crippen LogP contribution in [0.2, 0.25) is 0 Å². The Balaban J connectivity index is 1.48. The van der Waals surface area contributed by atoms with E-state index in [1.807, 2.05) is 18.2 Å². The van der Waals surface area contributed by atoms with Crippen molar-refractivity contribution in [2.24, 2.45) is 0 Å². The van der Waals surface area contributed by atoms with Crippen LogP contribution in [0.4, 0.5) is 4.39 Å². The number of aliphatic hydroxyl groups excluding tert-OH is 1. The Kier molecular flexibility index (Phi) is 4.90. The molecule has 2 aromatic carbocycles. The molecule has 0 aliphatic carbocycles. The molecule has 7 heteroatoms. The molecule has 1 aliphatic heterocycles. The SMILES string of the molecule is O=C(NC(CO)c1ccc(F)cc1)c1ccc(-c2ccc3c(c2)OCO3)cn1. The second-order valence-electron chi connectivity index (χ2n) is 6.26. The molecule has 1 aromatic heterocycles. The van der Waals surface area contributed by atoms with E-state index in [9.17, 15) is 14.3 Å². The number of halogens is 1. The summed E-state index contributed by atoms with van der Waals surface area (Å²) in [5.74, 6) is 0.557. The van der Waals surface area contributed by atoms with E-state index >= 15 is 0 Å². The lowest BCUT2D eigenvalue weighted by molar-refractivity contribution is 0.0911. The number of rotatable bonds is 5. The summed E-state index contributed by atoms with van der Waals surface area (Å²) >= 11 is 0. The zero-order valence-corrected chi connectivity index (χ0v) is 14.8. The molecular weight excluding hydrogens is 363 g/mol. The van der Waals surface area contributed by atoms with Gasteiger partial charge in [-0.15, -0.1) is 0 Å². The highest BCUT2D eigenvalue weighted by atomic mass is 19.1. The highest BCUT2D eigenvalue weighted by molar-refractivity contribution is 5.92. The van der Waals surface area contributed by atoms with Crippen molar-refractivity contribution in [1.82, 2.24) is 10.3 Å². The summed E-state index contributed by atoms with van der Waals surface area (Å²) in [5.41, 5.74) is 2.54. The summed E-state index contributed by atoms with van der Waals surface area (Å²) < 4.78 is 23.7. The number of aromatic nitrogens is 1. The van der Waals surface area contributed by atoms with Crippen LogP contribution in [-0.2, 0) is 0 Å². The minimum Gasteiger partial charge on any atom is -0.454 e. The first-order chi connectivity index (χ1) is 13.6. The second-order valence-corrected chi connectivity index (χ2v) is 6.26. The first-order valence-electron chi connectivity index (χ1n) is 8.67. The number of nitrogens with one attached hydrogen (secondary N) is 1. The quantitative estimate of drug-likeness (QED) is 0.711. The van der Waals surface area contributed by atoms with E-state index in [0.717, 1.165) is 11.1 Å². The molecule has 0 fully saturated rings. The summed E-state index contributed by atoms with van der Waals surface area (Å²) in [5, 5.41) is 12.3. The Labute approximate surface area is 160 Å². The topological polar surface area (TPSA) is 80.7 Å². The first-order valence-corrected chi connectivity index (χ1v) is 8.67. The summed E-state index contributed by atoms with van der Waals surface area (Å²) in [4.78, 5) is 16.7. The van der Waals surface area contributed by atoms with Gasteiger partial charge in [0.25, 0.3) is 5.91 Å². The summed E-state index contributed by atoms with van der Waals surface area (Å²) in [6.07, 6.45) is 1.60. The van der Waals surface area contributed by atoms with Crippen molar-refractivity contribution >= 4 is 5.91 Å². The lowest BCUT2D eigenvalue weighted by Crippen LogP contribution is -2.31. The van der Waals surface area contributed by atoms with Gasteiger partial charge in [0.05, 0.1) is 12.6 Å². The number of carbonyl (C=O) groups is 1. The lowest BCUT2D eigenvalue weighted by Gasteiger charge is -2.16. The smallest absolute Gasteiger partial charge is 0.270 e. The van der Waals surface area contributed by atoms with E-state index in [1.54, 1.807) is 18.3 Å². The fraction of sp³-hybridized carbons (Fsp3) is 0.143. The van der Waals surface area contributed by atoms with Crippen LogP contribution in [0.1, 0.15) is 22.1 Å². The maximum absolute atomic E-state index is 13.1. The maximum Gasteiger partial charge on any atom is 0.270 e. The number of hydrogen-bond acceptors (Lipinski definition) is 5. The zero-order chi connectivity index (χ0) is 19.5. The summed E-state index contributed by atoms with van der Waals surface area (Å²) in [7, 11) is 0. The van der Waals surface area contributed by atoms with Gasteiger partial charge in [-0.2, -0.15) is 0 Å². The van der Waals surface area contributed by atoms with Crippen molar-refractivity contribution in [2.75, 3.05) is 13.4 Å². The zero-order valence-electron chi connectivity index (χ0n) is 14.8. The summed E-state index contributed by atoms with van der Waals surface area (Å²) in [6.45, 7) is -0.108. The number of aliphatic hydroxyl groups is 1. The van der Waals surface area contributed by atoms with Gasteiger partial charge in [0.15, 0.2) is 11.5 Å². The molecule has 0 saturated carbocycles. The molecular formula is C21H17FN2O4. The van der Waals surface area contributed by atoms with Gasteiger partial charge in [-0.25, -0.2) is 4.39 Å². The van der Waals surface area contributed by atoms with Gasteiger partial charge in [-0.1, -0.05) is 24.3 Å². The molecule has 1 unspecified atom stereocenters. The van der Waals surface area contributed by atoms with Gasteiger partial charge >= 0.3 is 0 Å². The second kappa shape index (κ2) is 7.66. The fourth-order valence-corrected chi connectivity index (χ4v) is 2.94. The van der Waals surface area contributed by atoms with Crippen LogP contribution in [0, 0.1) is 5.82 Å². The minimum atomic E-state index is -0.650. The molecule has 2 heterocycles. The van der Waals surface area contributed by atoms with Crippen molar-refractivity contribution < 1.29 is 23.8 Å². The Hall–Kier alpha value is -3.45. The molecule has 2 N–H and O–H groups in total. The van der Waals surface area contributed by atoms with E-state index in [2.05, 4.69) is 10.3 Å². The van der Waals surface area contributed by atoms with Crippen molar-refractivity contribution in [3.63, 3.8) is 0 Å². The van der Waals surface area contributed by atoms with Crippen LogP contribution in [0.5, 0.6) is 11.5 Å². The number of carbonyl (C=O) groups excluding carboxylic acids is 1. The fourth-order valence-electron chi connectivity index (χ4n) is 2.94. The van der Waals surface area contributed by atoms with E-state index < -0.39 is 11.9 Å². The number of amides is 1. The van der Waals surface area contributed by atoms with Crippen LogP contribution in [0.15, 0.2) is 60.8 Å². The van der Waals surface area contributed by atoms with E-state index in [0.29, 0.717) is 17.1 Å². The highest BCUT2D eigenvalue weighted by Crippen LogP contribution is 2.35. The van der Waals surface area contributed by atoms with Gasteiger partial charge in [0.2, 0.25) is 6.79 Å². The standard InChI is InChI=1S/C21H17FN2O4/c22-16-5-1-13(2-6-16)18(11-25)24-21(26)17-7-3-15(10-23-17)14-4-8-19-20(9-14)28-12-27-19/h1-10,18,25H,11-12H2,(H,24,26). The van der Waals surface area contributed by atoms with E-state index in [4.69, 9.17) is 9.47 Å². The number of hydrogen-bond donors (Lipinski definition) is 2. The third-order valence-electron chi connectivity index (χ3n) is 4.46. The largest absolute Gasteiger partial charge is 0.454 e. The van der Waals surface area contributed by atoms with Gasteiger partial charge in [-0.3, -0.25) is 9.78 Å². The Morgan fingerprint density at radius 3 is 2.54 bits per heavy atom. The average Bonchev–Trinajstić information content (AvgIpc) is 3.20. The molecule has 1 amide bonds. The van der Waals surface area contributed by atoms with Gasteiger partial charge in [0, 0.05) is 11.8 Å². The van der Waals surface area contributed by atoms with Crippen molar-refractivity contribution in [3.8, 4) is 22.6 Å². The number of pyridine rings is 1. The van der Waals surface area contributed by atoms with Crippen LogP contribution in [0.25, 0.3) is 11.1 Å². The van der Waals surface area contributed by atoms with Crippen molar-refractivity contribution in [3.05, 3.63) is 77.9 Å². The molecule has 0 bridgehead atoms. The lowest BCUT2D eigenvalue weighted by atomic mass is 10.1. The molecule has 142 valence electrons. The number of fused-ring (bicyclic) bond motifs is 1. The number of nitrogens with zero attached hydrogens (tertiary/aromatic N) is 1. The third kappa shape index (κ3) is 3.65. The van der Waals surface area contributed by atoms with Crippen LogP contribution in [-0.4, -0.2) is 29.4 Å². The summed E-state index contributed by atoms with van der Waals surface area (Å²) in [6, 6.07) is 13.9. The molecule has 1 aliphatic rings. The van der Waals surface area contributed by atoms with Crippen LogP contribution in [0.3, 0.4) is 0 Å². The third-order valence-corrected chi connectivity index (χ3v) is 4.46.